The molecule has 5 nitrogen and oxygen atoms in total. The topological polar surface area (TPSA) is 64.4 Å². The molecule has 0 bridgehead atoms. The number of nitrogens with one attached hydrogen (secondary N) is 1. The molecule has 0 saturated carbocycles. The average Bonchev–Trinajstić information content (AvgIpc) is 2.45. The number of nitro groups is 1. The minimum Gasteiger partial charge on any atom is -0.376 e. The third kappa shape index (κ3) is 4.29. The molecule has 1 aliphatic heterocycles. The first-order chi connectivity index (χ1) is 9.27. The van der Waals surface area contributed by atoms with E-state index in [1.807, 2.05) is 0 Å². The van der Waals surface area contributed by atoms with Crippen molar-refractivity contribution in [1.82, 2.24) is 5.32 Å². The molecule has 2 rings (SSSR count). The quantitative estimate of drug-likeness (QED) is 0.487. The van der Waals surface area contributed by atoms with Crippen LogP contribution in [0.15, 0.2) is 24.3 Å². The first kappa shape index (κ1) is 14.0. The molecule has 1 N–H and O–H groups in total. The van der Waals surface area contributed by atoms with Crippen molar-refractivity contribution in [2.75, 3.05) is 19.7 Å². The Hall–Kier alpha value is -1.46. The normalized spacial score (nSPS) is 19.3. The Morgan fingerprint density at radius 1 is 1.42 bits per heavy atom. The molecule has 1 unspecified atom stereocenters. The van der Waals surface area contributed by atoms with Crippen molar-refractivity contribution < 1.29 is 9.66 Å². The number of piperidine rings is 1. The lowest BCUT2D eigenvalue weighted by atomic mass is 9.97. The largest absolute Gasteiger partial charge is 0.376 e. The second-order valence-corrected chi connectivity index (χ2v) is 4.94. The Labute approximate surface area is 113 Å². The number of ether oxygens (including phenoxy) is 1. The molecular formula is C14H20N2O3. The van der Waals surface area contributed by atoms with Crippen molar-refractivity contribution in [2.45, 2.75) is 25.9 Å². The van der Waals surface area contributed by atoms with Gasteiger partial charge in [-0.05, 0) is 44.3 Å². The van der Waals surface area contributed by atoms with Crippen molar-refractivity contribution in [3.63, 3.8) is 0 Å². The minimum absolute atomic E-state index is 0.141. The molecule has 1 heterocycles. The Morgan fingerprint density at radius 2 is 2.26 bits per heavy atom. The molecule has 19 heavy (non-hydrogen) atoms. The second-order valence-electron chi connectivity index (χ2n) is 4.94. The zero-order chi connectivity index (χ0) is 13.5. The highest BCUT2D eigenvalue weighted by atomic mass is 16.6. The maximum absolute atomic E-state index is 10.8. The van der Waals surface area contributed by atoms with Gasteiger partial charge >= 0.3 is 0 Å². The molecule has 0 aliphatic carbocycles. The summed E-state index contributed by atoms with van der Waals surface area (Å²) in [5, 5.41) is 14.2. The highest BCUT2D eigenvalue weighted by Gasteiger charge is 2.14. The van der Waals surface area contributed by atoms with E-state index >= 15 is 0 Å². The van der Waals surface area contributed by atoms with Crippen LogP contribution in [0.3, 0.4) is 0 Å². The minimum atomic E-state index is -0.357. The monoisotopic (exact) mass is 264 g/mol. The van der Waals surface area contributed by atoms with Crippen LogP contribution in [0.25, 0.3) is 0 Å². The summed E-state index contributed by atoms with van der Waals surface area (Å²) in [4.78, 5) is 10.5. The fourth-order valence-electron chi connectivity index (χ4n) is 2.41. The van der Waals surface area contributed by atoms with Crippen LogP contribution in [0.2, 0.25) is 0 Å². The van der Waals surface area contributed by atoms with Crippen molar-refractivity contribution in [1.29, 1.82) is 0 Å². The third-order valence-corrected chi connectivity index (χ3v) is 3.52. The number of hydrogen-bond donors (Lipinski definition) is 1. The summed E-state index contributed by atoms with van der Waals surface area (Å²) < 4.78 is 5.58. The van der Waals surface area contributed by atoms with Gasteiger partial charge in [0.2, 0.25) is 0 Å². The van der Waals surface area contributed by atoms with Crippen LogP contribution in [-0.2, 0) is 11.3 Å². The van der Waals surface area contributed by atoms with E-state index in [1.54, 1.807) is 18.2 Å². The molecule has 5 heteroatoms. The van der Waals surface area contributed by atoms with Gasteiger partial charge in [0.25, 0.3) is 5.69 Å². The lowest BCUT2D eigenvalue weighted by Gasteiger charge is -2.22. The van der Waals surface area contributed by atoms with Crippen molar-refractivity contribution in [3.8, 4) is 0 Å². The number of para-hydroxylation sites is 1. The lowest BCUT2D eigenvalue weighted by molar-refractivity contribution is -0.385. The van der Waals surface area contributed by atoms with E-state index < -0.39 is 0 Å². The summed E-state index contributed by atoms with van der Waals surface area (Å²) >= 11 is 0. The highest BCUT2D eigenvalue weighted by Crippen LogP contribution is 2.19. The smallest absolute Gasteiger partial charge is 0.274 e. The first-order valence-corrected chi connectivity index (χ1v) is 6.78. The Kier molecular flexibility index (Phi) is 5.30. The summed E-state index contributed by atoms with van der Waals surface area (Å²) in [6.07, 6.45) is 3.50. The second kappa shape index (κ2) is 7.21. The third-order valence-electron chi connectivity index (χ3n) is 3.52. The zero-order valence-electron chi connectivity index (χ0n) is 11.0. The highest BCUT2D eigenvalue weighted by molar-refractivity contribution is 5.39. The summed E-state index contributed by atoms with van der Waals surface area (Å²) in [5.41, 5.74) is 0.788. The van der Waals surface area contributed by atoms with E-state index in [4.69, 9.17) is 4.74 Å². The van der Waals surface area contributed by atoms with Crippen molar-refractivity contribution in [2.24, 2.45) is 5.92 Å². The van der Waals surface area contributed by atoms with Crippen LogP contribution >= 0.6 is 0 Å². The summed E-state index contributed by atoms with van der Waals surface area (Å²) in [7, 11) is 0. The summed E-state index contributed by atoms with van der Waals surface area (Å²) in [6.45, 7) is 3.16. The summed E-state index contributed by atoms with van der Waals surface area (Å²) in [5.74, 6) is 0.680. The van der Waals surface area contributed by atoms with Crippen LogP contribution in [0, 0.1) is 16.0 Å². The molecule has 104 valence electrons. The summed E-state index contributed by atoms with van der Waals surface area (Å²) in [6, 6.07) is 6.75. The van der Waals surface area contributed by atoms with Crippen LogP contribution in [0.4, 0.5) is 5.69 Å². The Morgan fingerprint density at radius 3 is 3.00 bits per heavy atom. The molecule has 1 atom stereocenters. The molecule has 0 aromatic heterocycles. The van der Waals surface area contributed by atoms with E-state index in [-0.39, 0.29) is 10.6 Å². The number of hydrogen-bond acceptors (Lipinski definition) is 4. The Bertz CT molecular complexity index is 417. The van der Waals surface area contributed by atoms with Crippen molar-refractivity contribution >= 4 is 5.69 Å². The fraction of sp³-hybridized carbons (Fsp3) is 0.571. The van der Waals surface area contributed by atoms with E-state index in [9.17, 15) is 10.1 Å². The van der Waals surface area contributed by atoms with Gasteiger partial charge in [-0.2, -0.15) is 0 Å². The number of nitrogens with zero attached hydrogens (tertiary/aromatic N) is 1. The van der Waals surface area contributed by atoms with Crippen LogP contribution in [0.5, 0.6) is 0 Å². The van der Waals surface area contributed by atoms with E-state index in [2.05, 4.69) is 5.32 Å². The number of benzene rings is 1. The van der Waals surface area contributed by atoms with Gasteiger partial charge < -0.3 is 10.1 Å². The Balaban J connectivity index is 1.74. The van der Waals surface area contributed by atoms with Gasteiger partial charge in [0.05, 0.1) is 17.1 Å². The molecule has 1 aromatic rings. The molecular weight excluding hydrogens is 244 g/mol. The van der Waals surface area contributed by atoms with E-state index in [0.717, 1.165) is 19.5 Å². The standard InChI is InChI=1S/C14H20N2O3/c17-16(18)14-6-2-1-5-13(14)11-19-9-7-12-4-3-8-15-10-12/h1-2,5-6,12,15H,3-4,7-11H2. The molecule has 1 aliphatic rings. The van der Waals surface area contributed by atoms with Gasteiger partial charge in [0.1, 0.15) is 0 Å². The van der Waals surface area contributed by atoms with E-state index in [1.165, 1.54) is 18.9 Å². The van der Waals surface area contributed by atoms with Crippen LogP contribution in [0.1, 0.15) is 24.8 Å². The number of nitro benzene ring substituents is 1. The van der Waals surface area contributed by atoms with Gasteiger partial charge in [-0.3, -0.25) is 10.1 Å². The number of rotatable bonds is 6. The average molecular weight is 264 g/mol. The van der Waals surface area contributed by atoms with E-state index in [0.29, 0.717) is 24.7 Å². The maximum atomic E-state index is 10.8. The van der Waals surface area contributed by atoms with Gasteiger partial charge in [-0.1, -0.05) is 12.1 Å². The predicted molar refractivity (Wildman–Crippen MR) is 73.0 cm³/mol. The van der Waals surface area contributed by atoms with Crippen molar-refractivity contribution in [3.05, 3.63) is 39.9 Å². The van der Waals surface area contributed by atoms with Gasteiger partial charge in [0.15, 0.2) is 0 Å². The lowest BCUT2D eigenvalue weighted by Crippen LogP contribution is -2.30. The molecule has 0 spiro atoms. The first-order valence-electron chi connectivity index (χ1n) is 6.78. The van der Waals surface area contributed by atoms with Gasteiger partial charge in [-0.25, -0.2) is 0 Å². The maximum Gasteiger partial charge on any atom is 0.274 e. The van der Waals surface area contributed by atoms with Crippen LogP contribution < -0.4 is 5.32 Å². The molecule has 1 aromatic carbocycles. The fourth-order valence-corrected chi connectivity index (χ4v) is 2.41. The van der Waals surface area contributed by atoms with Crippen LogP contribution in [-0.4, -0.2) is 24.6 Å². The molecule has 0 amide bonds. The molecule has 1 saturated heterocycles. The zero-order valence-corrected chi connectivity index (χ0v) is 11.0. The molecule has 1 fully saturated rings. The van der Waals surface area contributed by atoms with Gasteiger partial charge in [-0.15, -0.1) is 0 Å². The van der Waals surface area contributed by atoms with Gasteiger partial charge in [0, 0.05) is 12.7 Å². The SMILES string of the molecule is O=[N+]([O-])c1ccccc1COCCC1CCCNC1. The predicted octanol–water partition coefficient (Wildman–Crippen LogP) is 2.50. The molecule has 0 radical (unpaired) electrons.